The number of likely N-dealkylation sites (N-methyl/N-ethyl adjacent to an activating group) is 3. The van der Waals surface area contributed by atoms with E-state index in [4.69, 9.17) is 28.4 Å². The topological polar surface area (TPSA) is 258 Å². The smallest absolute Gasteiger partial charge is 0.308 e. The molecule has 11 rings (SSSR count). The first-order valence-corrected chi connectivity index (χ1v) is 32.8. The van der Waals surface area contributed by atoms with Crippen LogP contribution in [0.3, 0.4) is 0 Å². The van der Waals surface area contributed by atoms with E-state index in [1.54, 1.807) is 21.3 Å². The molecule has 0 aromatic heterocycles. The van der Waals surface area contributed by atoms with Gasteiger partial charge in [0.1, 0.15) is 23.0 Å². The molecule has 6 aliphatic heterocycles. The fraction of sp³-hybridized carbons (Fsp3) is 0.521. The van der Waals surface area contributed by atoms with Crippen molar-refractivity contribution in [3.63, 3.8) is 0 Å². The van der Waals surface area contributed by atoms with E-state index < -0.39 is 29.8 Å². The Morgan fingerprint density at radius 2 is 0.989 bits per heavy atom. The highest BCUT2D eigenvalue weighted by molar-refractivity contribution is 5.79. The van der Waals surface area contributed by atoms with Crippen LogP contribution in [0.4, 0.5) is 0 Å². The molecule has 6 aliphatic rings. The van der Waals surface area contributed by atoms with Crippen LogP contribution in [-0.2, 0) is 36.8 Å². The van der Waals surface area contributed by atoms with Crippen molar-refractivity contribution in [3.05, 3.63) is 143 Å². The van der Waals surface area contributed by atoms with Gasteiger partial charge in [-0.1, -0.05) is 74.0 Å². The van der Waals surface area contributed by atoms with Gasteiger partial charge >= 0.3 is 23.9 Å². The number of amides is 1. The molecular weight excluding hydrogens is 1200 g/mol. The number of carbonyl (C=O) groups excluding carboxylic acids is 1. The van der Waals surface area contributed by atoms with Crippen molar-refractivity contribution in [2.45, 2.75) is 114 Å². The fourth-order valence-electron chi connectivity index (χ4n) is 14.6. The maximum Gasteiger partial charge on any atom is 0.308 e. The third kappa shape index (κ3) is 17.1. The van der Waals surface area contributed by atoms with Crippen molar-refractivity contribution in [3.8, 4) is 34.5 Å². The van der Waals surface area contributed by atoms with Gasteiger partial charge < -0.3 is 73.6 Å². The van der Waals surface area contributed by atoms with Gasteiger partial charge in [0.2, 0.25) is 12.7 Å². The summed E-state index contributed by atoms with van der Waals surface area (Å²) < 4.78 is 32.3. The average molecular weight is 1300 g/mol. The molecule has 0 unspecified atom stereocenters. The normalized spacial score (nSPS) is 25.3. The van der Waals surface area contributed by atoms with Gasteiger partial charge in [0.25, 0.3) is 0 Å². The number of hydrogen-bond acceptors (Lipinski definition) is 16. The molecule has 0 radical (unpaired) electrons. The Balaban J connectivity index is 0.000000176. The first-order chi connectivity index (χ1) is 45.1. The molecule has 21 heteroatoms. The lowest BCUT2D eigenvalue weighted by molar-refractivity contribution is -0.144. The number of aliphatic carboxylic acids is 4. The maximum atomic E-state index is 13.6. The predicted molar refractivity (Wildman–Crippen MR) is 356 cm³/mol. The van der Waals surface area contributed by atoms with Crippen molar-refractivity contribution in [2.75, 3.05) is 108 Å². The lowest BCUT2D eigenvalue weighted by atomic mass is 9.83. The van der Waals surface area contributed by atoms with E-state index >= 15 is 0 Å². The Morgan fingerprint density at radius 1 is 0.543 bits per heavy atom. The molecule has 4 fully saturated rings. The number of benzene rings is 5. The molecule has 4 saturated heterocycles. The molecule has 1 amide bonds. The second-order valence-corrected chi connectivity index (χ2v) is 25.7. The molecule has 0 saturated carbocycles. The molecule has 5 aromatic rings. The number of likely N-dealkylation sites (tertiary alicyclic amines) is 4. The Kier molecular flexibility index (Phi) is 25.6. The van der Waals surface area contributed by atoms with Gasteiger partial charge in [0.05, 0.1) is 58.2 Å². The molecule has 510 valence electrons. The van der Waals surface area contributed by atoms with Crippen LogP contribution in [0.25, 0.3) is 0 Å². The second kappa shape index (κ2) is 33.4. The molecule has 0 bridgehead atoms. The summed E-state index contributed by atoms with van der Waals surface area (Å²) in [5.74, 6) is -0.114. The van der Waals surface area contributed by atoms with Gasteiger partial charge in [-0.3, -0.25) is 28.9 Å². The monoisotopic (exact) mass is 1300 g/mol. The van der Waals surface area contributed by atoms with Gasteiger partial charge in [0, 0.05) is 100 Å². The fourth-order valence-corrected chi connectivity index (χ4v) is 14.6. The van der Waals surface area contributed by atoms with Gasteiger partial charge in [-0.25, -0.2) is 0 Å². The summed E-state index contributed by atoms with van der Waals surface area (Å²) in [6, 6.07) is 34.8. The Morgan fingerprint density at radius 3 is 1.43 bits per heavy atom. The van der Waals surface area contributed by atoms with E-state index in [-0.39, 0.29) is 91.4 Å². The third-order valence-corrected chi connectivity index (χ3v) is 20.3. The van der Waals surface area contributed by atoms with Crippen molar-refractivity contribution < 1.29 is 77.9 Å². The van der Waals surface area contributed by atoms with E-state index in [1.807, 2.05) is 150 Å². The summed E-state index contributed by atoms with van der Waals surface area (Å²) in [4.78, 5) is 70.9. The number of carboxylic acid groups (broad SMARTS) is 4. The van der Waals surface area contributed by atoms with Crippen molar-refractivity contribution in [2.24, 2.45) is 23.7 Å². The number of hydrogen-bond donors (Lipinski definition) is 5. The third-order valence-electron chi connectivity index (χ3n) is 20.3. The number of aliphatic hydroxyl groups excluding tert-OH is 1. The van der Waals surface area contributed by atoms with Crippen molar-refractivity contribution in [1.82, 2.24) is 24.5 Å². The highest BCUT2D eigenvalue weighted by Crippen LogP contribution is 2.44. The number of para-hydroxylation sites is 1. The van der Waals surface area contributed by atoms with Crippen LogP contribution < -0.4 is 28.4 Å². The minimum absolute atomic E-state index is 0.0172. The molecule has 0 spiro atoms. The van der Waals surface area contributed by atoms with E-state index in [0.29, 0.717) is 51.3 Å². The van der Waals surface area contributed by atoms with E-state index in [9.17, 15) is 49.5 Å². The predicted octanol–water partition coefficient (Wildman–Crippen LogP) is 8.90. The summed E-state index contributed by atoms with van der Waals surface area (Å²) in [7, 11) is 10.8. The number of fused-ring (bicyclic) bond motifs is 2. The zero-order valence-electron chi connectivity index (χ0n) is 56.1. The number of nitrogens with zero attached hydrogens (tertiary/aromatic N) is 5. The minimum Gasteiger partial charge on any atom is -0.497 e. The Hall–Kier alpha value is -7.95. The van der Waals surface area contributed by atoms with Crippen LogP contribution >= 0.6 is 0 Å². The number of unbranched alkanes of at least 4 members (excludes halogenated alkanes) is 1. The Bertz CT molecular complexity index is 3110. The minimum atomic E-state index is -0.845. The number of ether oxygens (including phenoxy) is 6. The van der Waals surface area contributed by atoms with E-state index in [0.717, 1.165) is 101 Å². The largest absolute Gasteiger partial charge is 0.497 e. The standard InChI is InChI=1S/C31H40N2O7.3C14H19NO3/c1-2-3-13-32(14-5-15-34)28(35)19-33-18-24(22-9-11-26-23(17-22)12-16-38-26)29(31(36)37)25(33)10-8-21-6-4-7-27-30(21)40-20-39-27;3*1-9-13(14(16)17)12(8-15(9)2)10-4-6-11(18-3)7-5-10/h4,6-7,9,11,17,24-25,29,34H,2-3,5,8,10,12-16,18-20H2,1H3,(H,36,37);3*4-7,9,12-13H,8H2,1-3H3,(H,16,17)/t24-,25+,29-;3*9-,12+,13-/m1000/s1. The number of aliphatic hydroxyl groups is 1. The quantitative estimate of drug-likeness (QED) is 0.0433. The van der Waals surface area contributed by atoms with Gasteiger partial charge in [-0.15, -0.1) is 0 Å². The van der Waals surface area contributed by atoms with Crippen LogP contribution in [0.2, 0.25) is 0 Å². The van der Waals surface area contributed by atoms with Crippen LogP contribution in [0.1, 0.15) is 110 Å². The van der Waals surface area contributed by atoms with Gasteiger partial charge in [-0.05, 0) is 150 Å². The number of carboxylic acids is 4. The summed E-state index contributed by atoms with van der Waals surface area (Å²) >= 11 is 0. The zero-order chi connectivity index (χ0) is 67.9. The number of methoxy groups -OCH3 is 3. The average Bonchev–Trinajstić information content (AvgIpc) is 1.64. The summed E-state index contributed by atoms with van der Waals surface area (Å²) in [5.41, 5.74) is 6.28. The molecule has 12 atom stereocenters. The van der Waals surface area contributed by atoms with Crippen LogP contribution in [0, 0.1) is 23.7 Å². The lowest BCUT2D eigenvalue weighted by Gasteiger charge is -2.30. The number of rotatable bonds is 22. The molecule has 0 aliphatic carbocycles. The number of carbonyl (C=O) groups is 5. The summed E-state index contributed by atoms with van der Waals surface area (Å²) in [6.45, 7) is 13.0. The zero-order valence-corrected chi connectivity index (χ0v) is 56.1. The first kappa shape index (κ1) is 71.9. The summed E-state index contributed by atoms with van der Waals surface area (Å²) in [5, 5.41) is 48.1. The SMILES string of the molecule is CCCCN(CCCO)C(=O)CN1C[C@H](c2ccc3c(c2)CCO3)[C@@H](C(=O)O)[C@@H]1CCc1cccc2c1OCO2.COc1ccc([C@H]2CN(C)[C@@H](C)[C@@H]2C(=O)O)cc1.COc1ccc([C@H]2CN(C)[C@@H](C)[C@@H]2C(=O)O)cc1.COc1ccc([C@H]2CN(C)[C@@H](C)[C@@H]2C(=O)O)cc1. The number of aryl methyl sites for hydroxylation is 1. The van der Waals surface area contributed by atoms with Crippen molar-refractivity contribution >= 4 is 29.8 Å². The molecule has 5 N–H and O–H groups in total. The first-order valence-electron chi connectivity index (χ1n) is 32.8. The maximum absolute atomic E-state index is 13.6. The highest BCUT2D eigenvalue weighted by Gasteiger charge is 2.48. The molecule has 21 nitrogen and oxygen atoms in total. The molecule has 5 aromatic carbocycles. The van der Waals surface area contributed by atoms with Crippen LogP contribution in [0.15, 0.2) is 109 Å². The molecule has 6 heterocycles. The molecule has 94 heavy (non-hydrogen) atoms. The highest BCUT2D eigenvalue weighted by atomic mass is 16.7. The van der Waals surface area contributed by atoms with Crippen molar-refractivity contribution in [1.29, 1.82) is 0 Å². The summed E-state index contributed by atoms with van der Waals surface area (Å²) in [6.07, 6.45) is 4.38. The second-order valence-electron chi connectivity index (χ2n) is 25.7. The lowest BCUT2D eigenvalue weighted by Crippen LogP contribution is -2.45. The van der Waals surface area contributed by atoms with Crippen LogP contribution in [0.5, 0.6) is 34.5 Å². The van der Waals surface area contributed by atoms with Gasteiger partial charge in [0.15, 0.2) is 11.5 Å². The van der Waals surface area contributed by atoms with E-state index in [2.05, 4.69) is 32.6 Å². The molecular formula is C73H97N5O16. The van der Waals surface area contributed by atoms with E-state index in [1.165, 1.54) is 0 Å². The Labute approximate surface area is 553 Å². The van der Waals surface area contributed by atoms with Gasteiger partial charge in [-0.2, -0.15) is 0 Å². The van der Waals surface area contributed by atoms with Crippen LogP contribution in [-0.4, -0.2) is 212 Å².